The van der Waals surface area contributed by atoms with Gasteiger partial charge in [-0.1, -0.05) is 0 Å². The summed E-state index contributed by atoms with van der Waals surface area (Å²) in [5.74, 6) is 0. The molecule has 0 bridgehead atoms. The van der Waals surface area contributed by atoms with E-state index >= 15 is 0 Å². The summed E-state index contributed by atoms with van der Waals surface area (Å²) in [6.45, 7) is 1.17. The van der Waals surface area contributed by atoms with Crippen LogP contribution in [0, 0.1) is 3.57 Å². The number of hydrogen-bond donors (Lipinski definition) is 0. The Morgan fingerprint density at radius 3 is 3.00 bits per heavy atom. The minimum absolute atomic E-state index is 1.17. The van der Waals surface area contributed by atoms with Crippen LogP contribution in [0.4, 0.5) is 5.69 Å². The number of fused-ring (bicyclic) bond motifs is 1. The van der Waals surface area contributed by atoms with Gasteiger partial charge in [-0.3, -0.25) is 0 Å². The summed E-state index contributed by atoms with van der Waals surface area (Å²) < 4.78 is 2.55. The molecule has 0 saturated heterocycles. The Kier molecular flexibility index (Phi) is 2.83. The van der Waals surface area contributed by atoms with Gasteiger partial charge in [0.05, 0.1) is 5.69 Å². The average molecular weight is 352 g/mol. The van der Waals surface area contributed by atoms with Crippen LogP contribution in [0.25, 0.3) is 0 Å². The first kappa shape index (κ1) is 9.77. The van der Waals surface area contributed by atoms with E-state index in [4.69, 9.17) is 0 Å². The maximum Gasteiger partial charge on any atom is 0.0541 e. The molecule has 0 fully saturated rings. The van der Waals surface area contributed by atoms with Crippen LogP contribution in [0.1, 0.15) is 12.0 Å². The number of nitrogens with zero attached hydrogens (tertiary/aromatic N) is 1. The number of hydrogen-bond acceptors (Lipinski definition) is 1. The summed E-state index contributed by atoms with van der Waals surface area (Å²) in [5, 5.41) is 0. The zero-order valence-electron chi connectivity index (χ0n) is 7.48. The van der Waals surface area contributed by atoms with Gasteiger partial charge in [0, 0.05) is 21.6 Å². The molecule has 1 nitrogen and oxygen atoms in total. The second kappa shape index (κ2) is 3.77. The fourth-order valence-electron chi connectivity index (χ4n) is 1.86. The van der Waals surface area contributed by atoms with Gasteiger partial charge >= 0.3 is 0 Å². The third-order valence-electron chi connectivity index (χ3n) is 2.43. The van der Waals surface area contributed by atoms with E-state index in [1.807, 2.05) is 0 Å². The monoisotopic (exact) mass is 351 g/mol. The predicted octanol–water partition coefficient (Wildman–Crippen LogP) is 3.44. The average Bonchev–Trinajstić information content (AvgIpc) is 2.02. The SMILES string of the molecule is CN1CCCc2cc(I)cc(Br)c21. The first-order chi connectivity index (χ1) is 6.18. The third-order valence-corrected chi connectivity index (χ3v) is 3.66. The highest BCUT2D eigenvalue weighted by Crippen LogP contribution is 2.35. The first-order valence-corrected chi connectivity index (χ1v) is 6.25. The van der Waals surface area contributed by atoms with E-state index in [2.05, 4.69) is 62.6 Å². The Balaban J connectivity index is 2.56. The maximum absolute atomic E-state index is 3.63. The zero-order valence-corrected chi connectivity index (χ0v) is 11.2. The molecule has 1 aliphatic rings. The smallest absolute Gasteiger partial charge is 0.0541 e. The molecule has 1 aliphatic heterocycles. The van der Waals surface area contributed by atoms with Crippen molar-refractivity contribution in [1.82, 2.24) is 0 Å². The fourth-order valence-corrected chi connectivity index (χ4v) is 3.78. The van der Waals surface area contributed by atoms with E-state index in [0.717, 1.165) is 0 Å². The van der Waals surface area contributed by atoms with E-state index in [-0.39, 0.29) is 0 Å². The molecule has 13 heavy (non-hydrogen) atoms. The van der Waals surface area contributed by atoms with E-state index in [1.54, 1.807) is 0 Å². The van der Waals surface area contributed by atoms with Gasteiger partial charge in [0.1, 0.15) is 0 Å². The number of rotatable bonds is 0. The molecule has 0 spiro atoms. The zero-order chi connectivity index (χ0) is 9.42. The Morgan fingerprint density at radius 1 is 1.46 bits per heavy atom. The summed E-state index contributed by atoms with van der Waals surface area (Å²) in [5.41, 5.74) is 2.86. The molecule has 0 radical (unpaired) electrons. The van der Waals surface area contributed by atoms with Gasteiger partial charge in [0.2, 0.25) is 0 Å². The second-order valence-electron chi connectivity index (χ2n) is 3.42. The molecule has 0 N–H and O–H groups in total. The second-order valence-corrected chi connectivity index (χ2v) is 5.52. The fraction of sp³-hybridized carbons (Fsp3) is 0.400. The number of anilines is 1. The lowest BCUT2D eigenvalue weighted by molar-refractivity contribution is 0.742. The van der Waals surface area contributed by atoms with Crippen molar-refractivity contribution in [3.05, 3.63) is 25.7 Å². The molecule has 0 aromatic heterocycles. The highest BCUT2D eigenvalue weighted by Gasteiger charge is 2.16. The highest BCUT2D eigenvalue weighted by molar-refractivity contribution is 14.1. The Morgan fingerprint density at radius 2 is 2.23 bits per heavy atom. The van der Waals surface area contributed by atoms with Crippen molar-refractivity contribution in [3.8, 4) is 0 Å². The quantitative estimate of drug-likeness (QED) is 0.647. The molecule has 3 heteroatoms. The normalized spacial score (nSPS) is 15.8. The van der Waals surface area contributed by atoms with Crippen molar-refractivity contribution in [2.75, 3.05) is 18.5 Å². The predicted molar refractivity (Wildman–Crippen MR) is 68.5 cm³/mol. The van der Waals surface area contributed by atoms with E-state index in [1.165, 1.54) is 38.7 Å². The van der Waals surface area contributed by atoms with Gasteiger partial charge in [-0.15, -0.1) is 0 Å². The standard InChI is InChI=1S/C10H11BrIN/c1-13-4-2-3-7-5-8(12)6-9(11)10(7)13/h5-6H,2-4H2,1H3. The molecule has 0 amide bonds. The summed E-state index contributed by atoms with van der Waals surface area (Å²) in [4.78, 5) is 2.33. The molecule has 0 aliphatic carbocycles. The maximum atomic E-state index is 3.63. The Labute approximate surface area is 101 Å². The van der Waals surface area contributed by atoms with E-state index in [9.17, 15) is 0 Å². The molecule has 1 heterocycles. The summed E-state index contributed by atoms with van der Waals surface area (Å²) in [6.07, 6.45) is 2.49. The first-order valence-electron chi connectivity index (χ1n) is 4.37. The van der Waals surface area contributed by atoms with Crippen molar-refractivity contribution in [2.24, 2.45) is 0 Å². The van der Waals surface area contributed by atoms with Crippen molar-refractivity contribution in [3.63, 3.8) is 0 Å². The van der Waals surface area contributed by atoms with E-state index < -0.39 is 0 Å². The van der Waals surface area contributed by atoms with Crippen molar-refractivity contribution < 1.29 is 0 Å². The Hall–Kier alpha value is 0.230. The summed E-state index contributed by atoms with van der Waals surface area (Å²) in [6, 6.07) is 4.47. The van der Waals surface area contributed by atoms with Gasteiger partial charge in [-0.05, 0) is 69.1 Å². The van der Waals surface area contributed by atoms with Crippen molar-refractivity contribution in [2.45, 2.75) is 12.8 Å². The van der Waals surface area contributed by atoms with Gasteiger partial charge < -0.3 is 4.90 Å². The van der Waals surface area contributed by atoms with Gasteiger partial charge in [-0.2, -0.15) is 0 Å². The molecule has 1 aromatic rings. The number of aryl methyl sites for hydroxylation is 1. The number of halogens is 2. The molecule has 2 rings (SSSR count). The van der Waals surface area contributed by atoms with Crippen LogP contribution in [0.2, 0.25) is 0 Å². The molecule has 0 atom stereocenters. The summed E-state index contributed by atoms with van der Waals surface area (Å²) in [7, 11) is 2.16. The van der Waals surface area contributed by atoms with Crippen LogP contribution in [-0.2, 0) is 6.42 Å². The van der Waals surface area contributed by atoms with Crippen LogP contribution in [0.15, 0.2) is 16.6 Å². The lowest BCUT2D eigenvalue weighted by atomic mass is 10.0. The molecular formula is C10H11BrIN. The van der Waals surface area contributed by atoms with Crippen molar-refractivity contribution in [1.29, 1.82) is 0 Å². The van der Waals surface area contributed by atoms with Gasteiger partial charge in [0.15, 0.2) is 0 Å². The molecule has 70 valence electrons. The minimum Gasteiger partial charge on any atom is -0.373 e. The van der Waals surface area contributed by atoms with Crippen LogP contribution in [0.5, 0.6) is 0 Å². The summed E-state index contributed by atoms with van der Waals surface area (Å²) >= 11 is 6.00. The largest absolute Gasteiger partial charge is 0.373 e. The molecule has 0 unspecified atom stereocenters. The molecular weight excluding hydrogens is 341 g/mol. The lowest BCUT2D eigenvalue weighted by Crippen LogP contribution is -2.25. The minimum atomic E-state index is 1.17. The molecule has 1 aromatic carbocycles. The van der Waals surface area contributed by atoms with Crippen LogP contribution >= 0.6 is 38.5 Å². The van der Waals surface area contributed by atoms with Crippen LogP contribution < -0.4 is 4.90 Å². The highest BCUT2D eigenvalue weighted by atomic mass is 127. The van der Waals surface area contributed by atoms with Crippen molar-refractivity contribution >= 4 is 44.2 Å². The lowest BCUT2D eigenvalue weighted by Gasteiger charge is -2.28. The van der Waals surface area contributed by atoms with E-state index in [0.29, 0.717) is 0 Å². The molecule has 0 saturated carbocycles. The third kappa shape index (κ3) is 1.86. The number of benzene rings is 1. The van der Waals surface area contributed by atoms with Crippen LogP contribution in [0.3, 0.4) is 0 Å². The van der Waals surface area contributed by atoms with Gasteiger partial charge in [0.25, 0.3) is 0 Å². The topological polar surface area (TPSA) is 3.24 Å². The Bertz CT molecular complexity index is 338. The van der Waals surface area contributed by atoms with Gasteiger partial charge in [-0.25, -0.2) is 0 Å². The van der Waals surface area contributed by atoms with Crippen LogP contribution in [-0.4, -0.2) is 13.6 Å².